The Morgan fingerprint density at radius 3 is 2.43 bits per heavy atom. The zero-order chi connectivity index (χ0) is 17.0. The third kappa shape index (κ3) is 3.72. The van der Waals surface area contributed by atoms with Crippen LogP contribution in [0.3, 0.4) is 0 Å². The first-order valence-electron chi connectivity index (χ1n) is 6.35. The van der Waals surface area contributed by atoms with Crippen LogP contribution in [0, 0.1) is 5.82 Å². The summed E-state index contributed by atoms with van der Waals surface area (Å²) in [6.45, 7) is 0. The van der Waals surface area contributed by atoms with Crippen LogP contribution in [-0.2, 0) is 14.8 Å². The predicted octanol–water partition coefficient (Wildman–Crippen LogP) is 1.73. The van der Waals surface area contributed by atoms with Gasteiger partial charge in [-0.15, -0.1) is 0 Å². The van der Waals surface area contributed by atoms with E-state index in [9.17, 15) is 22.4 Å². The van der Waals surface area contributed by atoms with E-state index in [-0.39, 0.29) is 10.5 Å². The van der Waals surface area contributed by atoms with Crippen LogP contribution in [0.15, 0.2) is 53.4 Å². The van der Waals surface area contributed by atoms with Gasteiger partial charge in [0.2, 0.25) is 0 Å². The lowest BCUT2D eigenvalue weighted by atomic mass is 10.2. The van der Waals surface area contributed by atoms with Gasteiger partial charge in [-0.05, 0) is 30.3 Å². The molecule has 0 atom stereocenters. The van der Waals surface area contributed by atoms with Gasteiger partial charge in [-0.3, -0.25) is 4.79 Å². The van der Waals surface area contributed by atoms with E-state index in [0.29, 0.717) is 0 Å². The van der Waals surface area contributed by atoms with Crippen LogP contribution in [0.4, 0.5) is 4.39 Å². The number of carbonyl (C=O) groups is 2. The minimum atomic E-state index is -4.26. The highest BCUT2D eigenvalue weighted by atomic mass is 32.2. The van der Waals surface area contributed by atoms with Gasteiger partial charge in [0.05, 0.1) is 23.1 Å². The molecule has 0 aliphatic carbocycles. The van der Waals surface area contributed by atoms with Gasteiger partial charge in [-0.1, -0.05) is 18.2 Å². The van der Waals surface area contributed by atoms with Crippen molar-refractivity contribution < 1.29 is 27.1 Å². The lowest BCUT2D eigenvalue weighted by molar-refractivity contribution is 0.0600. The monoisotopic (exact) mass is 337 g/mol. The van der Waals surface area contributed by atoms with Gasteiger partial charge in [0.15, 0.2) is 0 Å². The van der Waals surface area contributed by atoms with Crippen molar-refractivity contribution in [3.05, 3.63) is 65.5 Å². The molecule has 0 aliphatic heterocycles. The van der Waals surface area contributed by atoms with Crippen molar-refractivity contribution >= 4 is 21.9 Å². The molecule has 0 fully saturated rings. The average molecular weight is 337 g/mol. The molecule has 0 spiro atoms. The van der Waals surface area contributed by atoms with Crippen molar-refractivity contribution in [2.24, 2.45) is 0 Å². The molecule has 0 saturated carbocycles. The van der Waals surface area contributed by atoms with Gasteiger partial charge in [0.1, 0.15) is 5.82 Å². The maximum Gasteiger partial charge on any atom is 0.337 e. The van der Waals surface area contributed by atoms with Crippen LogP contribution >= 0.6 is 0 Å². The van der Waals surface area contributed by atoms with Crippen LogP contribution in [0.25, 0.3) is 0 Å². The van der Waals surface area contributed by atoms with E-state index >= 15 is 0 Å². The fourth-order valence-electron chi connectivity index (χ4n) is 1.79. The van der Waals surface area contributed by atoms with Crippen LogP contribution in [0.2, 0.25) is 0 Å². The molecule has 0 saturated heterocycles. The van der Waals surface area contributed by atoms with E-state index in [1.54, 1.807) is 4.72 Å². The van der Waals surface area contributed by atoms with Crippen molar-refractivity contribution in [3.63, 3.8) is 0 Å². The van der Waals surface area contributed by atoms with Crippen molar-refractivity contribution in [2.75, 3.05) is 7.11 Å². The van der Waals surface area contributed by atoms with Crippen LogP contribution in [0.5, 0.6) is 0 Å². The van der Waals surface area contributed by atoms with Gasteiger partial charge in [-0.2, -0.15) is 0 Å². The molecule has 2 aromatic carbocycles. The van der Waals surface area contributed by atoms with E-state index in [4.69, 9.17) is 0 Å². The summed E-state index contributed by atoms with van der Waals surface area (Å²) < 4.78 is 44.1. The van der Waals surface area contributed by atoms with Gasteiger partial charge in [0, 0.05) is 0 Å². The molecule has 0 aliphatic rings. The quantitative estimate of drug-likeness (QED) is 0.858. The number of rotatable bonds is 4. The molecule has 6 nitrogen and oxygen atoms in total. The highest BCUT2D eigenvalue weighted by molar-refractivity contribution is 7.90. The summed E-state index contributed by atoms with van der Waals surface area (Å²) in [5, 5.41) is 0. The molecule has 23 heavy (non-hydrogen) atoms. The SMILES string of the molecule is COC(=O)c1cccc(S(=O)(=O)NC(=O)c2ccccc2F)c1. The highest BCUT2D eigenvalue weighted by Crippen LogP contribution is 2.14. The molecular weight excluding hydrogens is 325 g/mol. The Balaban J connectivity index is 2.31. The van der Waals surface area contributed by atoms with Crippen LogP contribution < -0.4 is 4.72 Å². The summed E-state index contributed by atoms with van der Waals surface area (Å²) in [6.07, 6.45) is 0. The molecule has 8 heteroatoms. The van der Waals surface area contributed by atoms with E-state index < -0.39 is 33.3 Å². The van der Waals surface area contributed by atoms with Gasteiger partial charge < -0.3 is 4.74 Å². The fourth-order valence-corrected chi connectivity index (χ4v) is 2.80. The lowest BCUT2D eigenvalue weighted by Crippen LogP contribution is -2.31. The third-order valence-electron chi connectivity index (χ3n) is 2.91. The number of amides is 1. The Morgan fingerprint density at radius 2 is 1.78 bits per heavy atom. The molecule has 120 valence electrons. The summed E-state index contributed by atoms with van der Waals surface area (Å²) in [6, 6.07) is 9.93. The minimum Gasteiger partial charge on any atom is -0.465 e. The van der Waals surface area contributed by atoms with E-state index in [2.05, 4.69) is 4.74 Å². The summed E-state index contributed by atoms with van der Waals surface area (Å²) in [4.78, 5) is 23.0. The normalized spacial score (nSPS) is 10.9. The summed E-state index contributed by atoms with van der Waals surface area (Å²) in [5.41, 5.74) is -0.395. The second kappa shape index (κ2) is 6.57. The number of ether oxygens (including phenoxy) is 1. The van der Waals surface area contributed by atoms with Gasteiger partial charge in [0.25, 0.3) is 15.9 Å². The average Bonchev–Trinajstić information content (AvgIpc) is 2.54. The Hall–Kier alpha value is -2.74. The van der Waals surface area contributed by atoms with Gasteiger partial charge >= 0.3 is 5.97 Å². The number of hydrogen-bond acceptors (Lipinski definition) is 5. The van der Waals surface area contributed by atoms with E-state index in [0.717, 1.165) is 25.3 Å². The Labute approximate surface area is 131 Å². The molecule has 1 N–H and O–H groups in total. The first kappa shape index (κ1) is 16.6. The second-order valence-corrected chi connectivity index (χ2v) is 6.12. The first-order chi connectivity index (χ1) is 10.8. The van der Waals surface area contributed by atoms with Crippen LogP contribution in [-0.4, -0.2) is 27.4 Å². The number of sulfonamides is 1. The third-order valence-corrected chi connectivity index (χ3v) is 4.24. The number of benzene rings is 2. The molecule has 0 aromatic heterocycles. The molecule has 2 aromatic rings. The smallest absolute Gasteiger partial charge is 0.337 e. The number of halogens is 1. The van der Waals surface area contributed by atoms with Crippen molar-refractivity contribution in [3.8, 4) is 0 Å². The molecule has 0 bridgehead atoms. The zero-order valence-corrected chi connectivity index (χ0v) is 12.8. The minimum absolute atomic E-state index is 0.00807. The number of carbonyl (C=O) groups excluding carboxylic acids is 2. The summed E-state index contributed by atoms with van der Waals surface area (Å²) in [5.74, 6) is -2.67. The number of esters is 1. The second-order valence-electron chi connectivity index (χ2n) is 4.43. The van der Waals surface area contributed by atoms with Crippen LogP contribution in [0.1, 0.15) is 20.7 Å². The van der Waals surface area contributed by atoms with Crippen molar-refractivity contribution in [2.45, 2.75) is 4.90 Å². The standard InChI is InChI=1S/C15H12FNO5S/c1-22-15(19)10-5-4-6-11(9-10)23(20,21)17-14(18)12-7-2-3-8-13(12)16/h2-9H,1H3,(H,17,18). The molecule has 0 unspecified atom stereocenters. The molecule has 1 amide bonds. The van der Waals surface area contributed by atoms with Crippen molar-refractivity contribution in [1.82, 2.24) is 4.72 Å². The largest absolute Gasteiger partial charge is 0.465 e. The van der Waals surface area contributed by atoms with E-state index in [1.807, 2.05) is 0 Å². The molecule has 0 radical (unpaired) electrons. The summed E-state index contributed by atoms with van der Waals surface area (Å²) in [7, 11) is -3.11. The Morgan fingerprint density at radius 1 is 1.09 bits per heavy atom. The molecule has 0 heterocycles. The number of hydrogen-bond donors (Lipinski definition) is 1. The zero-order valence-electron chi connectivity index (χ0n) is 11.9. The van der Waals surface area contributed by atoms with Gasteiger partial charge in [-0.25, -0.2) is 22.3 Å². The molecule has 2 rings (SSSR count). The molecular formula is C15H12FNO5S. The maximum absolute atomic E-state index is 13.5. The first-order valence-corrected chi connectivity index (χ1v) is 7.83. The van der Waals surface area contributed by atoms with Crippen molar-refractivity contribution in [1.29, 1.82) is 0 Å². The number of methoxy groups -OCH3 is 1. The Kier molecular flexibility index (Phi) is 4.75. The highest BCUT2D eigenvalue weighted by Gasteiger charge is 2.21. The van der Waals surface area contributed by atoms with E-state index in [1.165, 1.54) is 30.3 Å². The fraction of sp³-hybridized carbons (Fsp3) is 0.0667. The predicted molar refractivity (Wildman–Crippen MR) is 78.8 cm³/mol. The number of nitrogens with one attached hydrogen (secondary N) is 1. The lowest BCUT2D eigenvalue weighted by Gasteiger charge is -2.08. The maximum atomic E-state index is 13.5. The topological polar surface area (TPSA) is 89.5 Å². The Bertz CT molecular complexity index is 864. The summed E-state index contributed by atoms with van der Waals surface area (Å²) >= 11 is 0.